The Hall–Kier alpha value is -1.02. The van der Waals surface area contributed by atoms with E-state index in [-0.39, 0.29) is 23.2 Å². The van der Waals surface area contributed by atoms with E-state index in [1.807, 2.05) is 0 Å². The van der Waals surface area contributed by atoms with Gasteiger partial charge in [-0.15, -0.1) is 0 Å². The molecule has 132 valence electrons. The van der Waals surface area contributed by atoms with Crippen molar-refractivity contribution in [3.63, 3.8) is 0 Å². The highest BCUT2D eigenvalue weighted by Gasteiger charge is 2.63. The third-order valence-corrected chi connectivity index (χ3v) is 6.38. The molecular formula is C16H26O7. The molecule has 0 aromatic rings. The summed E-state index contributed by atoms with van der Waals surface area (Å²) in [5, 5.41) is 38.2. The molecule has 3 unspecified atom stereocenters. The molecule has 2 aliphatic carbocycles. The quantitative estimate of drug-likeness (QED) is 0.378. The fourth-order valence-corrected chi connectivity index (χ4v) is 4.13. The number of carbonyl (C=O) groups excluding carboxylic acids is 2. The maximum atomic E-state index is 12.1. The average molecular weight is 330 g/mol. The number of rotatable bonds is 6. The van der Waals surface area contributed by atoms with Crippen molar-refractivity contribution >= 4 is 12.3 Å². The van der Waals surface area contributed by atoms with Gasteiger partial charge in [0, 0.05) is 5.41 Å². The summed E-state index contributed by atoms with van der Waals surface area (Å²) >= 11 is 0. The topological polar surface area (TPSA) is 124 Å². The summed E-state index contributed by atoms with van der Waals surface area (Å²) in [6, 6.07) is 0. The third-order valence-electron chi connectivity index (χ3n) is 6.38. The van der Waals surface area contributed by atoms with Gasteiger partial charge in [-0.3, -0.25) is 0 Å². The van der Waals surface area contributed by atoms with Gasteiger partial charge in [-0.1, -0.05) is 20.8 Å². The van der Waals surface area contributed by atoms with Crippen LogP contribution in [0.5, 0.6) is 0 Å². The molecule has 0 aromatic carbocycles. The maximum absolute atomic E-state index is 12.1. The second-order valence-electron chi connectivity index (χ2n) is 7.59. The molecule has 0 aromatic heterocycles. The lowest BCUT2D eigenvalue weighted by Gasteiger charge is -2.38. The van der Waals surface area contributed by atoms with Crippen LogP contribution < -0.4 is 0 Å². The SMILES string of the molecule is CC1(C)C2CCC1(C)C(OC(=O)[C@@H](O)[C@@H](O)[C@H](O)[C@@H](O)C=O)C2. The minimum absolute atomic E-state index is 0.0193. The zero-order valence-corrected chi connectivity index (χ0v) is 13.7. The molecule has 0 aliphatic heterocycles. The third kappa shape index (κ3) is 2.80. The van der Waals surface area contributed by atoms with Crippen molar-refractivity contribution in [1.29, 1.82) is 0 Å². The van der Waals surface area contributed by atoms with Crippen molar-refractivity contribution in [2.24, 2.45) is 16.7 Å². The maximum Gasteiger partial charge on any atom is 0.338 e. The number of hydrogen-bond acceptors (Lipinski definition) is 7. The van der Waals surface area contributed by atoms with Gasteiger partial charge in [0.15, 0.2) is 12.4 Å². The van der Waals surface area contributed by atoms with Crippen molar-refractivity contribution in [2.75, 3.05) is 0 Å². The van der Waals surface area contributed by atoms with E-state index < -0.39 is 30.4 Å². The number of esters is 1. The Bertz CT molecular complexity index is 477. The Balaban J connectivity index is 2.01. The van der Waals surface area contributed by atoms with Crippen LogP contribution in [0, 0.1) is 16.7 Å². The van der Waals surface area contributed by atoms with E-state index in [0.717, 1.165) is 12.8 Å². The van der Waals surface area contributed by atoms with Gasteiger partial charge >= 0.3 is 5.97 Å². The van der Waals surface area contributed by atoms with Crippen LogP contribution in [0.15, 0.2) is 0 Å². The van der Waals surface area contributed by atoms with Crippen molar-refractivity contribution in [2.45, 2.75) is 70.6 Å². The molecule has 2 saturated carbocycles. The van der Waals surface area contributed by atoms with E-state index in [1.165, 1.54) is 0 Å². The second kappa shape index (κ2) is 6.12. The molecule has 2 aliphatic rings. The Labute approximate surface area is 135 Å². The monoisotopic (exact) mass is 330 g/mol. The molecule has 0 saturated heterocycles. The summed E-state index contributed by atoms with van der Waals surface area (Å²) in [4.78, 5) is 22.5. The van der Waals surface area contributed by atoms with Crippen LogP contribution in [0.1, 0.15) is 40.0 Å². The molecule has 0 amide bonds. The lowest BCUT2D eigenvalue weighted by atomic mass is 9.70. The first-order valence-corrected chi connectivity index (χ1v) is 7.94. The summed E-state index contributed by atoms with van der Waals surface area (Å²) < 4.78 is 5.40. The van der Waals surface area contributed by atoms with E-state index in [0.29, 0.717) is 12.3 Å². The van der Waals surface area contributed by atoms with Crippen molar-refractivity contribution in [1.82, 2.24) is 0 Å². The normalized spacial score (nSPS) is 37.0. The first-order valence-electron chi connectivity index (χ1n) is 7.94. The predicted octanol–water partition coefficient (Wildman–Crippen LogP) is -0.613. The standard InChI is InChI=1S/C16H26O7/c1-15(2)8-4-5-16(15,3)10(6-8)23-14(22)13(21)12(20)11(19)9(18)7-17/h7-13,18-21H,4-6H2,1-3H3/t8?,9-,10?,11+,12-,13-,16?/m0/s1. The van der Waals surface area contributed by atoms with Gasteiger partial charge < -0.3 is 30.0 Å². The molecule has 0 heterocycles. The Morgan fingerprint density at radius 1 is 1.17 bits per heavy atom. The Kier molecular flexibility index (Phi) is 4.88. The number of carbonyl (C=O) groups is 2. The summed E-state index contributed by atoms with van der Waals surface area (Å²) in [5.41, 5.74) is -0.173. The molecule has 2 fully saturated rings. The molecule has 2 bridgehead atoms. The fraction of sp³-hybridized carbons (Fsp3) is 0.875. The number of aliphatic hydroxyl groups is 4. The number of ether oxygens (including phenoxy) is 1. The van der Waals surface area contributed by atoms with Crippen LogP contribution >= 0.6 is 0 Å². The molecule has 2 rings (SSSR count). The Morgan fingerprint density at radius 2 is 1.78 bits per heavy atom. The summed E-state index contributed by atoms with van der Waals surface area (Å²) in [6.07, 6.45) is -5.50. The van der Waals surface area contributed by atoms with Gasteiger partial charge in [-0.2, -0.15) is 0 Å². The van der Waals surface area contributed by atoms with E-state index >= 15 is 0 Å². The predicted molar refractivity (Wildman–Crippen MR) is 79.2 cm³/mol. The zero-order valence-electron chi connectivity index (χ0n) is 13.7. The Morgan fingerprint density at radius 3 is 2.22 bits per heavy atom. The van der Waals surface area contributed by atoms with Gasteiger partial charge in [-0.05, 0) is 30.6 Å². The molecular weight excluding hydrogens is 304 g/mol. The molecule has 7 nitrogen and oxygen atoms in total. The van der Waals surface area contributed by atoms with Crippen LogP contribution in [0.2, 0.25) is 0 Å². The fourth-order valence-electron chi connectivity index (χ4n) is 4.13. The minimum atomic E-state index is -2.02. The van der Waals surface area contributed by atoms with Gasteiger partial charge in [0.05, 0.1) is 0 Å². The van der Waals surface area contributed by atoms with Crippen molar-refractivity contribution < 1.29 is 34.8 Å². The van der Waals surface area contributed by atoms with E-state index in [4.69, 9.17) is 9.84 Å². The van der Waals surface area contributed by atoms with Gasteiger partial charge in [0.25, 0.3) is 0 Å². The summed E-state index contributed by atoms with van der Waals surface area (Å²) in [7, 11) is 0. The van der Waals surface area contributed by atoms with Gasteiger partial charge in [0.2, 0.25) is 0 Å². The molecule has 0 radical (unpaired) electrons. The zero-order chi connectivity index (χ0) is 17.6. The number of hydrogen-bond donors (Lipinski definition) is 4. The van der Waals surface area contributed by atoms with Gasteiger partial charge in [-0.25, -0.2) is 4.79 Å². The van der Waals surface area contributed by atoms with Crippen molar-refractivity contribution in [3.05, 3.63) is 0 Å². The summed E-state index contributed by atoms with van der Waals surface area (Å²) in [6.45, 7) is 6.35. The first-order chi connectivity index (χ1) is 10.6. The number of aliphatic hydroxyl groups excluding tert-OH is 4. The lowest BCUT2D eigenvalue weighted by molar-refractivity contribution is -0.180. The summed E-state index contributed by atoms with van der Waals surface area (Å²) in [5.74, 6) is -0.612. The largest absolute Gasteiger partial charge is 0.460 e. The highest BCUT2D eigenvalue weighted by atomic mass is 16.6. The molecule has 0 spiro atoms. The molecule has 7 heteroatoms. The molecule has 4 N–H and O–H groups in total. The average Bonchev–Trinajstić information content (AvgIpc) is 2.85. The van der Waals surface area contributed by atoms with Gasteiger partial charge in [0.1, 0.15) is 24.4 Å². The smallest absolute Gasteiger partial charge is 0.338 e. The van der Waals surface area contributed by atoms with E-state index in [2.05, 4.69) is 20.8 Å². The number of aldehydes is 1. The van der Waals surface area contributed by atoms with Crippen LogP contribution in [0.4, 0.5) is 0 Å². The lowest BCUT2D eigenvalue weighted by Crippen LogP contribution is -2.50. The van der Waals surface area contributed by atoms with Crippen molar-refractivity contribution in [3.8, 4) is 0 Å². The highest BCUT2D eigenvalue weighted by molar-refractivity contribution is 5.75. The highest BCUT2D eigenvalue weighted by Crippen LogP contribution is 2.66. The van der Waals surface area contributed by atoms with E-state index in [9.17, 15) is 24.9 Å². The van der Waals surface area contributed by atoms with E-state index in [1.54, 1.807) is 0 Å². The van der Waals surface area contributed by atoms with Crippen LogP contribution in [0.25, 0.3) is 0 Å². The van der Waals surface area contributed by atoms with Crippen LogP contribution in [-0.4, -0.2) is 63.2 Å². The first kappa shape index (κ1) is 18.3. The number of fused-ring (bicyclic) bond motifs is 2. The second-order valence-corrected chi connectivity index (χ2v) is 7.59. The minimum Gasteiger partial charge on any atom is -0.460 e. The van der Waals surface area contributed by atoms with Crippen LogP contribution in [-0.2, 0) is 14.3 Å². The molecule has 23 heavy (non-hydrogen) atoms. The van der Waals surface area contributed by atoms with Crippen LogP contribution in [0.3, 0.4) is 0 Å². The molecule has 7 atom stereocenters.